The zero-order valence-corrected chi connectivity index (χ0v) is 36.4. The topological polar surface area (TPSA) is 24.4 Å². The van der Waals surface area contributed by atoms with Crippen molar-refractivity contribution in [1.82, 2.24) is 5.32 Å². The Morgan fingerprint density at radius 3 is 2.53 bits per heavy atom. The second kappa shape index (κ2) is 13.9. The number of allylic oxidation sites excluding steroid dienone is 14. The fourth-order valence-corrected chi connectivity index (χ4v) is 12.0. The molecule has 3 aromatic rings. The van der Waals surface area contributed by atoms with Crippen LogP contribution in [0.4, 0.5) is 0 Å². The van der Waals surface area contributed by atoms with E-state index in [9.17, 15) is 0 Å². The molecule has 60 heavy (non-hydrogen) atoms. The Kier molecular flexibility index (Phi) is 8.76. The number of hydrogen-bond acceptors (Lipinski definition) is 2. The van der Waals surface area contributed by atoms with Crippen LogP contribution in [0.2, 0.25) is 0 Å². The molecule has 0 radical (unpaired) electrons. The molecule has 3 aromatic carbocycles. The molecule has 0 saturated heterocycles. The Morgan fingerprint density at radius 2 is 1.77 bits per heavy atom. The maximum absolute atomic E-state index is 5.70. The summed E-state index contributed by atoms with van der Waals surface area (Å²) in [5.41, 5.74) is 20.9. The number of aliphatic imine (C=N–C) groups is 1. The third-order valence-corrected chi connectivity index (χ3v) is 16.0. The molecule has 1 spiro atoms. The van der Waals surface area contributed by atoms with Crippen molar-refractivity contribution in [2.75, 3.05) is 0 Å². The molecule has 1 aliphatic heterocycles. The number of fused-ring (bicyclic) bond motifs is 5. The van der Waals surface area contributed by atoms with Crippen LogP contribution in [0.15, 0.2) is 178 Å². The molecule has 1 saturated carbocycles. The van der Waals surface area contributed by atoms with Gasteiger partial charge >= 0.3 is 0 Å². The largest absolute Gasteiger partial charge is 0.339 e. The summed E-state index contributed by atoms with van der Waals surface area (Å²) >= 11 is 0. The van der Waals surface area contributed by atoms with Crippen LogP contribution in [0, 0.1) is 17.3 Å². The minimum atomic E-state index is -0.285. The van der Waals surface area contributed by atoms with E-state index in [-0.39, 0.29) is 22.3 Å². The molecule has 1 fully saturated rings. The standard InChI is InChI=1S/C58H60N2/c1-7-37(31-36-21-22-36)38-23-25-39(26-24-38)53-48-35-57(5,6)43-28-30-47-46-29-27-42(56(3,4)8-2)33-51(46)58(52(47)34-43)49-20-13-12-18-44(49)45-19-14-17-41(32-50(45)58)54(48)60-55(59-53)40-15-10-9-11-16-40/h7,9-12,15-19,23-30,32,34,36-37,42,53H,1,8,13-14,20-22,31,33,35H2,2-6H3,(H,59,60). The van der Waals surface area contributed by atoms with E-state index in [1.54, 1.807) is 11.1 Å². The van der Waals surface area contributed by atoms with Gasteiger partial charge in [0, 0.05) is 17.2 Å². The van der Waals surface area contributed by atoms with Crippen LogP contribution in [-0.4, -0.2) is 5.84 Å². The first-order chi connectivity index (χ1) is 29.1. The van der Waals surface area contributed by atoms with Crippen molar-refractivity contribution in [2.45, 2.75) is 115 Å². The Balaban J connectivity index is 1.14. The molecule has 302 valence electrons. The zero-order valence-electron chi connectivity index (χ0n) is 36.4. The van der Waals surface area contributed by atoms with Gasteiger partial charge in [0.2, 0.25) is 0 Å². The fourth-order valence-electron chi connectivity index (χ4n) is 12.0. The lowest BCUT2D eigenvalue weighted by Crippen LogP contribution is -2.34. The van der Waals surface area contributed by atoms with Gasteiger partial charge in [0.15, 0.2) is 0 Å². The Labute approximate surface area is 358 Å². The average molecular weight is 785 g/mol. The Morgan fingerprint density at radius 1 is 0.950 bits per heavy atom. The fraction of sp³-hybridized carbons (Fsp3) is 0.362. The molecule has 8 aliphatic rings. The second-order valence-corrected chi connectivity index (χ2v) is 20.3. The quantitative estimate of drug-likeness (QED) is 0.226. The molecule has 11 rings (SSSR count). The highest BCUT2D eigenvalue weighted by Crippen LogP contribution is 2.67. The van der Waals surface area contributed by atoms with E-state index in [4.69, 9.17) is 4.99 Å². The van der Waals surface area contributed by atoms with E-state index in [1.165, 1.54) is 86.2 Å². The van der Waals surface area contributed by atoms with Crippen LogP contribution in [0.3, 0.4) is 0 Å². The number of nitrogens with zero attached hydrogens (tertiary/aromatic N) is 1. The number of benzene rings is 3. The molecule has 1 heterocycles. The van der Waals surface area contributed by atoms with Crippen molar-refractivity contribution in [3.63, 3.8) is 0 Å². The van der Waals surface area contributed by atoms with Crippen LogP contribution >= 0.6 is 0 Å². The van der Waals surface area contributed by atoms with E-state index in [0.717, 1.165) is 55.8 Å². The number of amidine groups is 1. The van der Waals surface area contributed by atoms with Crippen molar-refractivity contribution in [2.24, 2.45) is 22.2 Å². The lowest BCUT2D eigenvalue weighted by atomic mass is 9.61. The SMILES string of the molecule is C=CC(CC1CC1)c1ccc(C2N=C(c3ccccc3)NC3=C2CC(C)(C)c2ccc4c(c2)C2(C5=CC3=CCC=C5C3=C2CCC=C3)C2=C4C=CC(C(C)(C)CC)C2)cc1. The van der Waals surface area contributed by atoms with E-state index in [2.05, 4.69) is 168 Å². The summed E-state index contributed by atoms with van der Waals surface area (Å²) in [4.78, 5) is 5.70. The predicted molar refractivity (Wildman–Crippen MR) is 251 cm³/mol. The Bertz CT molecular complexity index is 2620. The van der Waals surface area contributed by atoms with Gasteiger partial charge in [0.25, 0.3) is 0 Å². The van der Waals surface area contributed by atoms with Gasteiger partial charge in [-0.05, 0) is 140 Å². The lowest BCUT2D eigenvalue weighted by Gasteiger charge is -2.41. The van der Waals surface area contributed by atoms with Crippen LogP contribution in [0.1, 0.15) is 138 Å². The maximum atomic E-state index is 5.70. The second-order valence-electron chi connectivity index (χ2n) is 20.3. The summed E-state index contributed by atoms with van der Waals surface area (Å²) in [5, 5.41) is 4.08. The van der Waals surface area contributed by atoms with Crippen LogP contribution in [0.5, 0.6) is 0 Å². The van der Waals surface area contributed by atoms with Crippen LogP contribution in [-0.2, 0) is 10.8 Å². The summed E-state index contributed by atoms with van der Waals surface area (Å²) in [6, 6.07) is 27.8. The first-order valence-electron chi connectivity index (χ1n) is 23.1. The molecule has 4 bridgehead atoms. The monoisotopic (exact) mass is 784 g/mol. The van der Waals surface area contributed by atoms with Crippen molar-refractivity contribution in [3.05, 3.63) is 206 Å². The molecular formula is C58H60N2. The molecular weight excluding hydrogens is 725 g/mol. The van der Waals surface area contributed by atoms with Crippen molar-refractivity contribution >= 4 is 11.4 Å². The van der Waals surface area contributed by atoms with Gasteiger partial charge in [0.1, 0.15) is 11.9 Å². The molecule has 0 aromatic heterocycles. The first-order valence-corrected chi connectivity index (χ1v) is 23.1. The average Bonchev–Trinajstić information content (AvgIpc) is 4.05. The molecule has 2 heteroatoms. The van der Waals surface area contributed by atoms with E-state index in [1.807, 2.05) is 0 Å². The Hall–Kier alpha value is -5.21. The highest BCUT2D eigenvalue weighted by molar-refractivity contribution is 6.02. The number of rotatable bonds is 8. The molecule has 4 unspecified atom stereocenters. The predicted octanol–water partition coefficient (Wildman–Crippen LogP) is 14.3. The van der Waals surface area contributed by atoms with Crippen molar-refractivity contribution in [3.8, 4) is 0 Å². The molecule has 7 aliphatic carbocycles. The summed E-state index contributed by atoms with van der Waals surface area (Å²) in [6.07, 6.45) is 30.0. The summed E-state index contributed by atoms with van der Waals surface area (Å²) < 4.78 is 0. The number of hydrogen-bond donors (Lipinski definition) is 1. The van der Waals surface area contributed by atoms with Gasteiger partial charge in [-0.1, -0.05) is 169 Å². The highest BCUT2D eigenvalue weighted by atomic mass is 15.1. The number of nitrogens with one attached hydrogen (secondary N) is 1. The summed E-state index contributed by atoms with van der Waals surface area (Å²) in [6.45, 7) is 16.6. The molecule has 0 amide bonds. The minimum absolute atomic E-state index is 0.129. The minimum Gasteiger partial charge on any atom is -0.339 e. The maximum Gasteiger partial charge on any atom is 0.133 e. The van der Waals surface area contributed by atoms with Crippen LogP contribution in [0.25, 0.3) is 5.57 Å². The van der Waals surface area contributed by atoms with E-state index < -0.39 is 0 Å². The van der Waals surface area contributed by atoms with Crippen molar-refractivity contribution in [1.29, 1.82) is 0 Å². The van der Waals surface area contributed by atoms with E-state index in [0.29, 0.717) is 11.8 Å². The third kappa shape index (κ3) is 5.76. The lowest BCUT2D eigenvalue weighted by molar-refractivity contribution is 0.242. The van der Waals surface area contributed by atoms with Gasteiger partial charge in [0.05, 0.1) is 5.41 Å². The van der Waals surface area contributed by atoms with Crippen molar-refractivity contribution < 1.29 is 0 Å². The van der Waals surface area contributed by atoms with Crippen LogP contribution < -0.4 is 5.32 Å². The smallest absolute Gasteiger partial charge is 0.133 e. The summed E-state index contributed by atoms with van der Waals surface area (Å²) in [7, 11) is 0. The van der Waals surface area contributed by atoms with Gasteiger partial charge in [-0.3, -0.25) is 4.99 Å². The summed E-state index contributed by atoms with van der Waals surface area (Å²) in [5.74, 6) is 2.68. The molecule has 2 nitrogen and oxygen atoms in total. The molecule has 1 N–H and O–H groups in total. The zero-order chi connectivity index (χ0) is 41.0. The normalized spacial score (nSPS) is 26.4. The highest BCUT2D eigenvalue weighted by Gasteiger charge is 2.57. The van der Waals surface area contributed by atoms with E-state index >= 15 is 0 Å². The van der Waals surface area contributed by atoms with Gasteiger partial charge in [-0.2, -0.15) is 0 Å². The first kappa shape index (κ1) is 37.8. The van der Waals surface area contributed by atoms with Gasteiger partial charge < -0.3 is 5.32 Å². The molecule has 4 atom stereocenters. The van der Waals surface area contributed by atoms with Gasteiger partial charge in [-0.25, -0.2) is 0 Å². The van der Waals surface area contributed by atoms with Gasteiger partial charge in [-0.15, -0.1) is 6.58 Å². The third-order valence-electron chi connectivity index (χ3n) is 16.0.